The van der Waals surface area contributed by atoms with Gasteiger partial charge in [0.25, 0.3) is 0 Å². The number of aromatic amines is 1. The Morgan fingerprint density at radius 1 is 1.22 bits per heavy atom. The highest BCUT2D eigenvalue weighted by Crippen LogP contribution is 2.47. The van der Waals surface area contributed by atoms with Gasteiger partial charge in [-0.2, -0.15) is 0 Å². The molecule has 1 saturated carbocycles. The lowest BCUT2D eigenvalue weighted by molar-refractivity contribution is 0.250. The van der Waals surface area contributed by atoms with E-state index >= 15 is 0 Å². The third-order valence-corrected chi connectivity index (χ3v) is 3.87. The molecule has 0 unspecified atom stereocenters. The van der Waals surface area contributed by atoms with Crippen molar-refractivity contribution in [2.24, 2.45) is 0 Å². The van der Waals surface area contributed by atoms with Gasteiger partial charge in [-0.15, -0.1) is 0 Å². The number of rotatable bonds is 3. The lowest BCUT2D eigenvalue weighted by Crippen LogP contribution is -2.13. The molecule has 94 valence electrons. The average Bonchev–Trinajstić information content (AvgIpc) is 3.08. The van der Waals surface area contributed by atoms with E-state index in [0.29, 0.717) is 0 Å². The van der Waals surface area contributed by atoms with Crippen LogP contribution in [0.3, 0.4) is 0 Å². The lowest BCUT2D eigenvalue weighted by Gasteiger charge is -2.06. The molecule has 2 N–H and O–H groups in total. The first-order valence-electron chi connectivity index (χ1n) is 6.40. The second kappa shape index (κ2) is 3.95. The Balaban J connectivity index is 2.00. The number of aliphatic hydroxyl groups is 1. The molecular weight excluding hydrogens is 224 g/mol. The van der Waals surface area contributed by atoms with Crippen molar-refractivity contribution in [3.8, 4) is 11.3 Å². The number of aryl methyl sites for hydroxylation is 2. The molecule has 0 aliphatic heterocycles. The molecule has 1 aromatic carbocycles. The van der Waals surface area contributed by atoms with Crippen LogP contribution >= 0.6 is 0 Å². The summed E-state index contributed by atoms with van der Waals surface area (Å²) < 4.78 is 0. The minimum atomic E-state index is -0.0896. The Bertz CT molecular complexity index is 565. The first-order chi connectivity index (χ1) is 8.64. The Morgan fingerprint density at radius 2 is 1.89 bits per heavy atom. The van der Waals surface area contributed by atoms with Crippen LogP contribution in [-0.2, 0) is 5.41 Å². The topological polar surface area (TPSA) is 48.9 Å². The number of aliphatic hydroxyl groups excluding tert-OH is 1. The summed E-state index contributed by atoms with van der Waals surface area (Å²) in [5.41, 5.74) is 4.38. The molecule has 3 rings (SSSR count). The minimum absolute atomic E-state index is 0.0896. The van der Waals surface area contributed by atoms with E-state index in [4.69, 9.17) is 4.98 Å². The van der Waals surface area contributed by atoms with Crippen LogP contribution in [0.1, 0.15) is 29.9 Å². The van der Waals surface area contributed by atoms with E-state index in [9.17, 15) is 5.11 Å². The zero-order valence-electron chi connectivity index (χ0n) is 10.8. The predicted octanol–water partition coefficient (Wildman–Crippen LogP) is 2.72. The number of imidazole rings is 1. The van der Waals surface area contributed by atoms with Crippen molar-refractivity contribution < 1.29 is 5.11 Å². The van der Waals surface area contributed by atoms with Crippen molar-refractivity contribution in [2.45, 2.75) is 32.1 Å². The van der Waals surface area contributed by atoms with Gasteiger partial charge in [-0.1, -0.05) is 29.8 Å². The molecule has 3 heteroatoms. The number of nitrogens with zero attached hydrogens (tertiary/aromatic N) is 1. The van der Waals surface area contributed by atoms with Crippen LogP contribution in [0.2, 0.25) is 0 Å². The maximum absolute atomic E-state index is 9.46. The molecule has 1 heterocycles. The van der Waals surface area contributed by atoms with Crippen LogP contribution in [0.15, 0.2) is 24.3 Å². The summed E-state index contributed by atoms with van der Waals surface area (Å²) in [5, 5.41) is 9.46. The van der Waals surface area contributed by atoms with E-state index in [1.54, 1.807) is 0 Å². The van der Waals surface area contributed by atoms with Crippen LogP contribution in [0.25, 0.3) is 11.3 Å². The van der Waals surface area contributed by atoms with Crippen molar-refractivity contribution in [3.05, 3.63) is 41.3 Å². The number of hydrogen-bond donors (Lipinski definition) is 2. The standard InChI is InChI=1S/C15H18N2O/c1-10-3-5-12(6-4-10)13-11(2)16-14(17-13)15(9-18)7-8-15/h3-6,18H,7-9H2,1-2H3,(H,16,17). The van der Waals surface area contributed by atoms with Crippen LogP contribution < -0.4 is 0 Å². The Labute approximate surface area is 107 Å². The summed E-state index contributed by atoms with van der Waals surface area (Å²) in [4.78, 5) is 8.04. The van der Waals surface area contributed by atoms with Gasteiger partial charge in [0, 0.05) is 11.3 Å². The fraction of sp³-hybridized carbons (Fsp3) is 0.400. The highest BCUT2D eigenvalue weighted by atomic mass is 16.3. The van der Waals surface area contributed by atoms with Crippen LogP contribution in [0.5, 0.6) is 0 Å². The zero-order valence-corrected chi connectivity index (χ0v) is 10.8. The molecule has 1 fully saturated rings. The first-order valence-corrected chi connectivity index (χ1v) is 6.40. The highest BCUT2D eigenvalue weighted by Gasteiger charge is 2.46. The fourth-order valence-electron chi connectivity index (χ4n) is 2.32. The summed E-state index contributed by atoms with van der Waals surface area (Å²) in [7, 11) is 0. The van der Waals surface area contributed by atoms with E-state index in [2.05, 4.69) is 36.2 Å². The van der Waals surface area contributed by atoms with Gasteiger partial charge in [0.1, 0.15) is 5.82 Å². The Morgan fingerprint density at radius 3 is 2.44 bits per heavy atom. The molecular formula is C15H18N2O. The number of nitrogens with one attached hydrogen (secondary N) is 1. The minimum Gasteiger partial charge on any atom is -0.395 e. The van der Waals surface area contributed by atoms with Crippen LogP contribution in [-0.4, -0.2) is 21.7 Å². The summed E-state index contributed by atoms with van der Waals surface area (Å²) in [6.45, 7) is 4.31. The van der Waals surface area contributed by atoms with Gasteiger partial charge >= 0.3 is 0 Å². The maximum atomic E-state index is 9.46. The van der Waals surface area contributed by atoms with Crippen molar-refractivity contribution in [1.82, 2.24) is 9.97 Å². The number of hydrogen-bond acceptors (Lipinski definition) is 2. The average molecular weight is 242 g/mol. The van der Waals surface area contributed by atoms with Gasteiger partial charge in [0.2, 0.25) is 0 Å². The molecule has 1 aromatic heterocycles. The maximum Gasteiger partial charge on any atom is 0.115 e. The molecule has 0 amide bonds. The summed E-state index contributed by atoms with van der Waals surface area (Å²) in [6.07, 6.45) is 2.06. The van der Waals surface area contributed by atoms with E-state index in [1.165, 1.54) is 5.56 Å². The molecule has 0 radical (unpaired) electrons. The van der Waals surface area contributed by atoms with E-state index in [-0.39, 0.29) is 12.0 Å². The first kappa shape index (κ1) is 11.5. The van der Waals surface area contributed by atoms with Gasteiger partial charge in [0.05, 0.1) is 17.7 Å². The number of aromatic nitrogens is 2. The quantitative estimate of drug-likeness (QED) is 0.869. The SMILES string of the molecule is Cc1ccc(-c2nc(C3(CO)CC3)[nH]c2C)cc1. The second-order valence-corrected chi connectivity index (χ2v) is 5.36. The molecule has 0 saturated heterocycles. The molecule has 2 aromatic rings. The van der Waals surface area contributed by atoms with E-state index in [1.807, 2.05) is 6.92 Å². The van der Waals surface area contributed by atoms with E-state index in [0.717, 1.165) is 35.6 Å². The monoisotopic (exact) mass is 242 g/mol. The molecule has 0 spiro atoms. The lowest BCUT2D eigenvalue weighted by atomic mass is 10.1. The fourth-order valence-corrected chi connectivity index (χ4v) is 2.32. The van der Waals surface area contributed by atoms with Crippen LogP contribution in [0, 0.1) is 13.8 Å². The van der Waals surface area contributed by atoms with Gasteiger partial charge in [-0.25, -0.2) is 4.98 Å². The Hall–Kier alpha value is -1.61. The smallest absolute Gasteiger partial charge is 0.115 e. The van der Waals surface area contributed by atoms with Crippen molar-refractivity contribution >= 4 is 0 Å². The predicted molar refractivity (Wildman–Crippen MR) is 71.5 cm³/mol. The van der Waals surface area contributed by atoms with Gasteiger partial charge in [0.15, 0.2) is 0 Å². The zero-order chi connectivity index (χ0) is 12.8. The molecule has 3 nitrogen and oxygen atoms in total. The third kappa shape index (κ3) is 1.75. The Kier molecular flexibility index (Phi) is 2.52. The number of H-pyrrole nitrogens is 1. The largest absolute Gasteiger partial charge is 0.395 e. The summed E-state index contributed by atoms with van der Waals surface area (Å²) in [5.74, 6) is 0.943. The summed E-state index contributed by atoms with van der Waals surface area (Å²) in [6, 6.07) is 8.39. The number of benzene rings is 1. The van der Waals surface area contributed by atoms with Crippen molar-refractivity contribution in [2.75, 3.05) is 6.61 Å². The summed E-state index contributed by atoms with van der Waals surface area (Å²) >= 11 is 0. The van der Waals surface area contributed by atoms with Gasteiger partial charge < -0.3 is 10.1 Å². The van der Waals surface area contributed by atoms with E-state index < -0.39 is 0 Å². The third-order valence-electron chi connectivity index (χ3n) is 3.87. The molecule has 18 heavy (non-hydrogen) atoms. The molecule has 1 aliphatic carbocycles. The second-order valence-electron chi connectivity index (χ2n) is 5.36. The van der Waals surface area contributed by atoms with Gasteiger partial charge in [-0.3, -0.25) is 0 Å². The highest BCUT2D eigenvalue weighted by molar-refractivity contribution is 5.62. The van der Waals surface area contributed by atoms with Crippen molar-refractivity contribution in [1.29, 1.82) is 0 Å². The normalized spacial score (nSPS) is 16.8. The molecule has 1 aliphatic rings. The van der Waals surface area contributed by atoms with Crippen LogP contribution in [0.4, 0.5) is 0 Å². The van der Waals surface area contributed by atoms with Gasteiger partial charge in [-0.05, 0) is 26.7 Å². The molecule has 0 bridgehead atoms. The van der Waals surface area contributed by atoms with Crippen molar-refractivity contribution in [3.63, 3.8) is 0 Å². The molecule has 0 atom stereocenters.